The van der Waals surface area contributed by atoms with Gasteiger partial charge >= 0.3 is 5.97 Å². The fraction of sp³-hybridized carbons (Fsp3) is 0.583. The third kappa shape index (κ3) is 3.66. The lowest BCUT2D eigenvalue weighted by molar-refractivity contribution is 0.0587. The second-order valence-corrected chi connectivity index (χ2v) is 4.95. The highest BCUT2D eigenvalue weighted by Crippen LogP contribution is 2.18. The number of methoxy groups -OCH3 is 1. The first-order valence-corrected chi connectivity index (χ1v) is 5.72. The molecular weight excluding hydrogens is 232 g/mol. The predicted octanol–water partition coefficient (Wildman–Crippen LogP) is 0.684. The summed E-state index contributed by atoms with van der Waals surface area (Å²) in [5.41, 5.74) is 5.68. The van der Waals surface area contributed by atoms with Crippen LogP contribution in [0, 0.1) is 5.41 Å². The molecule has 100 valence electrons. The second-order valence-electron chi connectivity index (χ2n) is 4.95. The molecule has 0 fully saturated rings. The van der Waals surface area contributed by atoms with Crippen LogP contribution in [0.2, 0.25) is 0 Å². The molecule has 0 saturated heterocycles. The van der Waals surface area contributed by atoms with Gasteiger partial charge in [-0.1, -0.05) is 13.8 Å². The standard InChI is InChI=1S/C12H20N4O2/c1-12(2,7-13)8-16(3)9-5-6-14-10(15-9)11(17)18-4/h5-6H,7-8,13H2,1-4H3. The van der Waals surface area contributed by atoms with E-state index in [1.165, 1.54) is 7.11 Å². The lowest BCUT2D eigenvalue weighted by Crippen LogP contribution is -2.37. The van der Waals surface area contributed by atoms with Gasteiger partial charge in [0.2, 0.25) is 5.82 Å². The fourth-order valence-corrected chi connectivity index (χ4v) is 1.54. The summed E-state index contributed by atoms with van der Waals surface area (Å²) < 4.78 is 4.59. The molecule has 0 atom stereocenters. The first kappa shape index (κ1) is 14.4. The molecule has 6 nitrogen and oxygen atoms in total. The second kappa shape index (κ2) is 5.77. The van der Waals surface area contributed by atoms with Gasteiger partial charge in [-0.3, -0.25) is 0 Å². The summed E-state index contributed by atoms with van der Waals surface area (Å²) in [6.45, 7) is 5.46. The van der Waals surface area contributed by atoms with E-state index in [4.69, 9.17) is 5.73 Å². The van der Waals surface area contributed by atoms with Crippen molar-refractivity contribution in [2.45, 2.75) is 13.8 Å². The van der Waals surface area contributed by atoms with Crippen LogP contribution in [0.4, 0.5) is 5.82 Å². The number of rotatable bonds is 5. The van der Waals surface area contributed by atoms with Crippen LogP contribution in [0.25, 0.3) is 0 Å². The van der Waals surface area contributed by atoms with Crippen molar-refractivity contribution in [2.24, 2.45) is 11.1 Å². The van der Waals surface area contributed by atoms with E-state index in [9.17, 15) is 4.79 Å². The molecule has 0 aliphatic heterocycles. The van der Waals surface area contributed by atoms with Crippen LogP contribution in [-0.4, -0.2) is 43.2 Å². The summed E-state index contributed by atoms with van der Waals surface area (Å²) in [7, 11) is 3.21. The Morgan fingerprint density at radius 2 is 2.22 bits per heavy atom. The van der Waals surface area contributed by atoms with Crippen LogP contribution >= 0.6 is 0 Å². The Morgan fingerprint density at radius 3 is 2.78 bits per heavy atom. The third-order valence-corrected chi connectivity index (χ3v) is 2.62. The fourth-order valence-electron chi connectivity index (χ4n) is 1.54. The van der Waals surface area contributed by atoms with E-state index in [-0.39, 0.29) is 11.2 Å². The van der Waals surface area contributed by atoms with Gasteiger partial charge in [0.1, 0.15) is 5.82 Å². The summed E-state index contributed by atoms with van der Waals surface area (Å²) >= 11 is 0. The molecule has 0 spiro atoms. The topological polar surface area (TPSA) is 81.3 Å². The van der Waals surface area contributed by atoms with E-state index in [1.807, 2.05) is 11.9 Å². The van der Waals surface area contributed by atoms with E-state index in [1.54, 1.807) is 12.3 Å². The van der Waals surface area contributed by atoms with Crippen LogP contribution in [0.5, 0.6) is 0 Å². The predicted molar refractivity (Wildman–Crippen MR) is 69.5 cm³/mol. The monoisotopic (exact) mass is 252 g/mol. The number of aromatic nitrogens is 2. The normalized spacial score (nSPS) is 11.2. The van der Waals surface area contributed by atoms with E-state index < -0.39 is 5.97 Å². The number of ether oxygens (including phenoxy) is 1. The average molecular weight is 252 g/mol. The van der Waals surface area contributed by atoms with Gasteiger partial charge in [-0.15, -0.1) is 0 Å². The van der Waals surface area contributed by atoms with Gasteiger partial charge in [0.25, 0.3) is 0 Å². The number of hydrogen-bond acceptors (Lipinski definition) is 6. The van der Waals surface area contributed by atoms with Gasteiger partial charge in [0.05, 0.1) is 7.11 Å². The number of carbonyl (C=O) groups excluding carboxylic acids is 1. The van der Waals surface area contributed by atoms with Crippen LogP contribution in [-0.2, 0) is 4.74 Å². The highest BCUT2D eigenvalue weighted by Gasteiger charge is 2.20. The average Bonchev–Trinajstić information content (AvgIpc) is 2.37. The Morgan fingerprint density at radius 1 is 1.56 bits per heavy atom. The molecule has 0 aromatic carbocycles. The Kier molecular flexibility index (Phi) is 4.61. The molecule has 0 aliphatic carbocycles. The first-order chi connectivity index (χ1) is 8.39. The maximum atomic E-state index is 11.3. The van der Waals surface area contributed by atoms with Gasteiger partial charge in [-0.2, -0.15) is 0 Å². The Bertz CT molecular complexity index is 420. The van der Waals surface area contributed by atoms with Crippen molar-refractivity contribution < 1.29 is 9.53 Å². The number of hydrogen-bond donors (Lipinski definition) is 1. The zero-order chi connectivity index (χ0) is 13.8. The maximum absolute atomic E-state index is 11.3. The Hall–Kier alpha value is -1.69. The third-order valence-electron chi connectivity index (χ3n) is 2.62. The molecule has 0 amide bonds. The molecule has 0 saturated carbocycles. The number of esters is 1. The zero-order valence-corrected chi connectivity index (χ0v) is 11.3. The summed E-state index contributed by atoms with van der Waals surface area (Å²) in [5, 5.41) is 0. The van der Waals surface area contributed by atoms with Crippen LogP contribution < -0.4 is 10.6 Å². The molecular formula is C12H20N4O2. The van der Waals surface area contributed by atoms with Crippen molar-refractivity contribution in [1.29, 1.82) is 0 Å². The van der Waals surface area contributed by atoms with Crippen LogP contribution in [0.1, 0.15) is 24.5 Å². The van der Waals surface area contributed by atoms with Gasteiger partial charge in [0.15, 0.2) is 0 Å². The quantitative estimate of drug-likeness (QED) is 0.776. The molecule has 6 heteroatoms. The largest absolute Gasteiger partial charge is 0.463 e. The van der Waals surface area contributed by atoms with Gasteiger partial charge < -0.3 is 15.4 Å². The van der Waals surface area contributed by atoms with E-state index in [0.717, 1.165) is 6.54 Å². The molecule has 0 bridgehead atoms. The minimum absolute atomic E-state index is 0.0227. The lowest BCUT2D eigenvalue weighted by atomic mass is 9.93. The molecule has 18 heavy (non-hydrogen) atoms. The molecule has 1 heterocycles. The zero-order valence-electron chi connectivity index (χ0n) is 11.3. The molecule has 1 aromatic rings. The smallest absolute Gasteiger partial charge is 0.376 e. The van der Waals surface area contributed by atoms with Crippen LogP contribution in [0.3, 0.4) is 0 Å². The summed E-state index contributed by atoms with van der Waals surface area (Å²) in [6.07, 6.45) is 1.54. The van der Waals surface area contributed by atoms with Crippen molar-refractivity contribution >= 4 is 11.8 Å². The SMILES string of the molecule is COC(=O)c1nccc(N(C)CC(C)(C)CN)n1. The number of nitrogens with two attached hydrogens (primary N) is 1. The van der Waals surface area contributed by atoms with Crippen molar-refractivity contribution in [2.75, 3.05) is 32.1 Å². The van der Waals surface area contributed by atoms with Crippen molar-refractivity contribution in [3.63, 3.8) is 0 Å². The van der Waals surface area contributed by atoms with Crippen molar-refractivity contribution in [3.05, 3.63) is 18.1 Å². The van der Waals surface area contributed by atoms with Gasteiger partial charge in [0, 0.05) is 19.8 Å². The minimum atomic E-state index is -0.539. The van der Waals surface area contributed by atoms with Gasteiger partial charge in [-0.25, -0.2) is 14.8 Å². The molecule has 1 aromatic heterocycles. The summed E-state index contributed by atoms with van der Waals surface area (Å²) in [5.74, 6) is 0.197. The van der Waals surface area contributed by atoms with E-state index in [2.05, 4.69) is 28.6 Å². The number of carbonyl (C=O) groups is 1. The van der Waals surface area contributed by atoms with Crippen molar-refractivity contribution in [3.8, 4) is 0 Å². The number of anilines is 1. The minimum Gasteiger partial charge on any atom is -0.463 e. The summed E-state index contributed by atoms with van der Waals surface area (Å²) in [6, 6.07) is 1.75. The molecule has 2 N–H and O–H groups in total. The number of nitrogens with zero attached hydrogens (tertiary/aromatic N) is 3. The first-order valence-electron chi connectivity index (χ1n) is 5.72. The Balaban J connectivity index is 2.86. The van der Waals surface area contributed by atoms with Crippen molar-refractivity contribution in [1.82, 2.24) is 9.97 Å². The highest BCUT2D eigenvalue weighted by molar-refractivity contribution is 5.85. The molecule has 0 radical (unpaired) electrons. The highest BCUT2D eigenvalue weighted by atomic mass is 16.5. The van der Waals surface area contributed by atoms with E-state index >= 15 is 0 Å². The lowest BCUT2D eigenvalue weighted by Gasteiger charge is -2.29. The van der Waals surface area contributed by atoms with Crippen LogP contribution in [0.15, 0.2) is 12.3 Å². The molecule has 1 rings (SSSR count). The Labute approximate surface area is 107 Å². The molecule has 0 unspecified atom stereocenters. The molecule has 0 aliphatic rings. The maximum Gasteiger partial charge on any atom is 0.376 e. The van der Waals surface area contributed by atoms with E-state index in [0.29, 0.717) is 12.4 Å². The summed E-state index contributed by atoms with van der Waals surface area (Å²) in [4.78, 5) is 21.3. The van der Waals surface area contributed by atoms with Gasteiger partial charge in [-0.05, 0) is 18.0 Å².